The second-order valence-corrected chi connectivity index (χ2v) is 6.70. The lowest BCUT2D eigenvalue weighted by atomic mass is 9.92. The highest BCUT2D eigenvalue weighted by molar-refractivity contribution is 9.10. The third-order valence-electron chi connectivity index (χ3n) is 2.21. The summed E-state index contributed by atoms with van der Waals surface area (Å²) < 4.78 is 0.874. The Kier molecular flexibility index (Phi) is 4.87. The van der Waals surface area contributed by atoms with Crippen molar-refractivity contribution in [3.05, 3.63) is 28.2 Å². The van der Waals surface area contributed by atoms with Crippen LogP contribution >= 0.6 is 28.1 Å². The van der Waals surface area contributed by atoms with Crippen LogP contribution in [-0.4, -0.2) is 10.9 Å². The summed E-state index contributed by atoms with van der Waals surface area (Å²) in [5, 5.41) is 2.85. The molecular formula is C13H17BrN2OS. The van der Waals surface area contributed by atoms with Gasteiger partial charge in [0, 0.05) is 16.5 Å². The summed E-state index contributed by atoms with van der Waals surface area (Å²) in [6.45, 7) is 6.05. The van der Waals surface area contributed by atoms with Crippen LogP contribution in [0.5, 0.6) is 0 Å². The molecule has 0 aliphatic rings. The van der Waals surface area contributed by atoms with Gasteiger partial charge >= 0.3 is 0 Å². The fraction of sp³-hybridized carbons (Fsp3) is 0.385. The molecule has 3 nitrogen and oxygen atoms in total. The molecule has 0 fully saturated rings. The fourth-order valence-corrected chi connectivity index (χ4v) is 2.04. The van der Waals surface area contributed by atoms with E-state index in [1.54, 1.807) is 12.1 Å². The quantitative estimate of drug-likeness (QED) is 0.835. The van der Waals surface area contributed by atoms with E-state index >= 15 is 0 Å². The molecule has 0 saturated heterocycles. The van der Waals surface area contributed by atoms with Gasteiger partial charge in [-0.1, -0.05) is 48.9 Å². The zero-order chi connectivity index (χ0) is 13.9. The van der Waals surface area contributed by atoms with Crippen molar-refractivity contribution in [2.24, 2.45) is 11.1 Å². The number of amides is 1. The molecule has 1 aromatic rings. The molecule has 0 atom stereocenters. The summed E-state index contributed by atoms with van der Waals surface area (Å²) in [5.74, 6) is -0.0395. The first-order valence-corrected chi connectivity index (χ1v) is 6.78. The highest BCUT2D eigenvalue weighted by atomic mass is 79.9. The largest absolute Gasteiger partial charge is 0.389 e. The highest BCUT2D eigenvalue weighted by Gasteiger charge is 2.17. The molecule has 98 valence electrons. The molecule has 1 aromatic carbocycles. The lowest BCUT2D eigenvalue weighted by Crippen LogP contribution is -2.22. The molecule has 0 saturated carbocycles. The van der Waals surface area contributed by atoms with E-state index in [-0.39, 0.29) is 16.3 Å². The number of rotatable bonds is 3. The van der Waals surface area contributed by atoms with Gasteiger partial charge in [-0.05, 0) is 23.6 Å². The predicted molar refractivity (Wildman–Crippen MR) is 82.7 cm³/mol. The maximum Gasteiger partial charge on any atom is 0.224 e. The molecule has 0 heterocycles. The van der Waals surface area contributed by atoms with Crippen molar-refractivity contribution >= 4 is 44.7 Å². The molecule has 18 heavy (non-hydrogen) atoms. The van der Waals surface area contributed by atoms with Gasteiger partial charge in [0.25, 0.3) is 0 Å². The summed E-state index contributed by atoms with van der Waals surface area (Å²) in [4.78, 5) is 12.1. The Bertz CT molecular complexity index is 480. The van der Waals surface area contributed by atoms with E-state index in [0.29, 0.717) is 17.7 Å². The lowest BCUT2D eigenvalue weighted by Gasteiger charge is -2.18. The van der Waals surface area contributed by atoms with Crippen molar-refractivity contribution in [3.8, 4) is 0 Å². The third-order valence-corrected chi connectivity index (χ3v) is 2.93. The minimum Gasteiger partial charge on any atom is -0.389 e. The number of carbonyl (C=O) groups excluding carboxylic acids is 1. The standard InChI is InChI=1S/C13H17BrN2OS/c1-13(2,3)7-11(17)16-10-5-4-8(14)6-9(10)12(15)18/h4-6H,7H2,1-3H3,(H2,15,18)(H,16,17). The van der Waals surface area contributed by atoms with Crippen LogP contribution in [0.1, 0.15) is 32.8 Å². The van der Waals surface area contributed by atoms with Crippen LogP contribution in [0.2, 0.25) is 0 Å². The van der Waals surface area contributed by atoms with E-state index in [0.717, 1.165) is 4.47 Å². The van der Waals surface area contributed by atoms with Crippen molar-refractivity contribution in [1.82, 2.24) is 0 Å². The van der Waals surface area contributed by atoms with Gasteiger partial charge in [0.15, 0.2) is 0 Å². The number of hydrogen-bond donors (Lipinski definition) is 2. The Balaban J connectivity index is 2.91. The maximum absolute atomic E-state index is 11.9. The van der Waals surface area contributed by atoms with Crippen LogP contribution in [0.25, 0.3) is 0 Å². The summed E-state index contributed by atoms with van der Waals surface area (Å²) in [6, 6.07) is 5.43. The first kappa shape index (κ1) is 15.1. The first-order chi connectivity index (χ1) is 8.19. The molecule has 0 radical (unpaired) electrons. The van der Waals surface area contributed by atoms with E-state index in [9.17, 15) is 4.79 Å². The summed E-state index contributed by atoms with van der Waals surface area (Å²) in [7, 11) is 0. The number of thiocarbonyl (C=S) groups is 1. The Morgan fingerprint density at radius 3 is 2.56 bits per heavy atom. The molecular weight excluding hydrogens is 312 g/mol. The van der Waals surface area contributed by atoms with Crippen LogP contribution in [-0.2, 0) is 4.79 Å². The maximum atomic E-state index is 11.9. The van der Waals surface area contributed by atoms with Crippen LogP contribution in [0.15, 0.2) is 22.7 Å². The predicted octanol–water partition coefficient (Wildman–Crippen LogP) is 3.46. The normalized spacial score (nSPS) is 11.1. The molecule has 0 aliphatic carbocycles. The Morgan fingerprint density at radius 2 is 2.06 bits per heavy atom. The van der Waals surface area contributed by atoms with Gasteiger partial charge in [-0.15, -0.1) is 0 Å². The number of benzene rings is 1. The molecule has 1 rings (SSSR count). The number of anilines is 1. The Hall–Kier alpha value is -0.940. The fourth-order valence-electron chi connectivity index (χ4n) is 1.51. The minimum atomic E-state index is -0.0527. The van der Waals surface area contributed by atoms with E-state index in [2.05, 4.69) is 21.2 Å². The molecule has 0 spiro atoms. The summed E-state index contributed by atoms with van der Waals surface area (Å²) in [6.07, 6.45) is 0.444. The van der Waals surface area contributed by atoms with Crippen molar-refractivity contribution in [3.63, 3.8) is 0 Å². The van der Waals surface area contributed by atoms with Gasteiger partial charge in [0.1, 0.15) is 4.99 Å². The average molecular weight is 329 g/mol. The van der Waals surface area contributed by atoms with Crippen molar-refractivity contribution in [2.75, 3.05) is 5.32 Å². The highest BCUT2D eigenvalue weighted by Crippen LogP contribution is 2.23. The van der Waals surface area contributed by atoms with Crippen molar-refractivity contribution in [1.29, 1.82) is 0 Å². The molecule has 0 aliphatic heterocycles. The van der Waals surface area contributed by atoms with Crippen LogP contribution in [0.3, 0.4) is 0 Å². The molecule has 3 N–H and O–H groups in total. The second kappa shape index (κ2) is 5.80. The minimum absolute atomic E-state index is 0.0395. The van der Waals surface area contributed by atoms with Gasteiger partial charge in [-0.2, -0.15) is 0 Å². The third kappa shape index (κ3) is 4.74. The van der Waals surface area contributed by atoms with Gasteiger partial charge < -0.3 is 11.1 Å². The number of nitrogens with one attached hydrogen (secondary N) is 1. The van der Waals surface area contributed by atoms with E-state index in [1.165, 1.54) is 0 Å². The first-order valence-electron chi connectivity index (χ1n) is 5.58. The zero-order valence-electron chi connectivity index (χ0n) is 10.7. The molecule has 0 unspecified atom stereocenters. The average Bonchev–Trinajstić information content (AvgIpc) is 2.17. The van der Waals surface area contributed by atoms with Crippen molar-refractivity contribution < 1.29 is 4.79 Å². The van der Waals surface area contributed by atoms with Crippen LogP contribution in [0.4, 0.5) is 5.69 Å². The SMILES string of the molecule is CC(C)(C)CC(=O)Nc1ccc(Br)cc1C(N)=S. The van der Waals surface area contributed by atoms with Gasteiger partial charge in [0.2, 0.25) is 5.91 Å². The summed E-state index contributed by atoms with van der Waals surface area (Å²) in [5.41, 5.74) is 6.91. The van der Waals surface area contributed by atoms with Crippen molar-refractivity contribution in [2.45, 2.75) is 27.2 Å². The van der Waals surface area contributed by atoms with Gasteiger partial charge in [-0.25, -0.2) is 0 Å². The Morgan fingerprint density at radius 1 is 1.44 bits per heavy atom. The van der Waals surface area contributed by atoms with Crippen LogP contribution < -0.4 is 11.1 Å². The molecule has 1 amide bonds. The van der Waals surface area contributed by atoms with E-state index in [1.807, 2.05) is 26.8 Å². The van der Waals surface area contributed by atoms with Gasteiger partial charge in [0.05, 0.1) is 5.69 Å². The molecule has 0 aromatic heterocycles. The second-order valence-electron chi connectivity index (χ2n) is 5.34. The van der Waals surface area contributed by atoms with E-state index in [4.69, 9.17) is 18.0 Å². The summed E-state index contributed by atoms with van der Waals surface area (Å²) >= 11 is 8.33. The van der Waals surface area contributed by atoms with E-state index < -0.39 is 0 Å². The number of nitrogens with two attached hydrogens (primary N) is 1. The number of halogens is 1. The Labute approximate surface area is 121 Å². The topological polar surface area (TPSA) is 55.1 Å². The number of carbonyl (C=O) groups is 1. The molecule has 0 bridgehead atoms. The zero-order valence-corrected chi connectivity index (χ0v) is 13.1. The lowest BCUT2D eigenvalue weighted by molar-refractivity contribution is -0.117. The monoisotopic (exact) mass is 328 g/mol. The molecule has 5 heteroatoms. The smallest absolute Gasteiger partial charge is 0.224 e. The van der Waals surface area contributed by atoms with Crippen LogP contribution in [0, 0.1) is 5.41 Å². The van der Waals surface area contributed by atoms with Gasteiger partial charge in [-0.3, -0.25) is 4.79 Å². The number of hydrogen-bond acceptors (Lipinski definition) is 2.